The van der Waals surface area contributed by atoms with Crippen LogP contribution in [0.15, 0.2) is 29.6 Å². The van der Waals surface area contributed by atoms with Gasteiger partial charge in [-0.15, -0.1) is 11.3 Å². The predicted octanol–water partition coefficient (Wildman–Crippen LogP) is 2.28. The zero-order valence-corrected chi connectivity index (χ0v) is 11.5. The second kappa shape index (κ2) is 5.11. The highest BCUT2D eigenvalue weighted by Gasteiger charge is 2.24. The fourth-order valence-corrected chi connectivity index (χ4v) is 2.56. The topological polar surface area (TPSA) is 54.0 Å². The van der Waals surface area contributed by atoms with Gasteiger partial charge in [-0.1, -0.05) is 12.1 Å². The van der Waals surface area contributed by atoms with E-state index < -0.39 is 0 Å². The fourth-order valence-electron chi connectivity index (χ4n) is 1.94. The highest BCUT2D eigenvalue weighted by molar-refractivity contribution is 7.09. The first-order chi connectivity index (χ1) is 9.22. The van der Waals surface area contributed by atoms with Crippen LogP contribution >= 0.6 is 11.3 Å². The third kappa shape index (κ3) is 2.67. The fraction of sp³-hybridized carbons (Fsp3) is 0.286. The van der Waals surface area contributed by atoms with E-state index in [2.05, 4.69) is 15.6 Å². The molecule has 2 N–H and O–H groups in total. The minimum absolute atomic E-state index is 0.0935. The van der Waals surface area contributed by atoms with E-state index in [-0.39, 0.29) is 11.8 Å². The molecule has 0 atom stereocenters. The van der Waals surface area contributed by atoms with Crippen molar-refractivity contribution in [2.24, 2.45) is 5.92 Å². The molecular weight excluding hydrogens is 258 g/mol. The summed E-state index contributed by atoms with van der Waals surface area (Å²) < 4.78 is 0. The number of thiazole rings is 1. The van der Waals surface area contributed by atoms with Gasteiger partial charge in [-0.2, -0.15) is 0 Å². The van der Waals surface area contributed by atoms with Crippen LogP contribution in [0.1, 0.15) is 5.01 Å². The number of aromatic nitrogens is 1. The van der Waals surface area contributed by atoms with E-state index >= 15 is 0 Å². The molecule has 1 aromatic heterocycles. The number of amides is 1. The van der Waals surface area contributed by atoms with Crippen LogP contribution in [-0.4, -0.2) is 24.0 Å². The van der Waals surface area contributed by atoms with Gasteiger partial charge in [-0.05, 0) is 19.1 Å². The number of nitrogens with zero attached hydrogens (tertiary/aromatic N) is 1. The molecule has 1 aromatic carbocycles. The molecule has 98 valence electrons. The van der Waals surface area contributed by atoms with Gasteiger partial charge in [0.2, 0.25) is 5.91 Å². The van der Waals surface area contributed by atoms with Gasteiger partial charge in [0.25, 0.3) is 0 Å². The Morgan fingerprint density at radius 2 is 2.11 bits per heavy atom. The lowest BCUT2D eigenvalue weighted by Crippen LogP contribution is -2.48. The Morgan fingerprint density at radius 3 is 2.63 bits per heavy atom. The SMILES string of the molecule is Cc1nc(-c2ccc(NC(=O)C3CNC3)cc2)cs1. The first-order valence-corrected chi connectivity index (χ1v) is 7.14. The number of anilines is 1. The van der Waals surface area contributed by atoms with Crippen molar-refractivity contribution < 1.29 is 4.79 Å². The van der Waals surface area contributed by atoms with Crippen LogP contribution in [-0.2, 0) is 4.79 Å². The van der Waals surface area contributed by atoms with E-state index in [1.165, 1.54) is 0 Å². The molecule has 3 rings (SSSR count). The van der Waals surface area contributed by atoms with E-state index in [1.54, 1.807) is 11.3 Å². The summed E-state index contributed by atoms with van der Waals surface area (Å²) in [5, 5.41) is 9.13. The van der Waals surface area contributed by atoms with Crippen molar-refractivity contribution >= 4 is 22.9 Å². The minimum atomic E-state index is 0.0935. The molecule has 0 aliphatic carbocycles. The lowest BCUT2D eigenvalue weighted by Gasteiger charge is -2.25. The molecule has 1 aliphatic rings. The smallest absolute Gasteiger partial charge is 0.230 e. The third-order valence-electron chi connectivity index (χ3n) is 3.22. The summed E-state index contributed by atoms with van der Waals surface area (Å²) in [7, 11) is 0. The molecular formula is C14H15N3OS. The Morgan fingerprint density at radius 1 is 1.37 bits per heavy atom. The highest BCUT2D eigenvalue weighted by Crippen LogP contribution is 2.23. The average Bonchev–Trinajstić information content (AvgIpc) is 2.74. The van der Waals surface area contributed by atoms with Crippen molar-refractivity contribution in [1.82, 2.24) is 10.3 Å². The molecule has 4 nitrogen and oxygen atoms in total. The van der Waals surface area contributed by atoms with Crippen LogP contribution in [0, 0.1) is 12.8 Å². The van der Waals surface area contributed by atoms with Gasteiger partial charge in [0.1, 0.15) is 0 Å². The summed E-state index contributed by atoms with van der Waals surface area (Å²) in [5.41, 5.74) is 2.91. The molecule has 1 aliphatic heterocycles. The van der Waals surface area contributed by atoms with Gasteiger partial charge in [0.15, 0.2) is 0 Å². The second-order valence-corrected chi connectivity index (χ2v) is 5.74. The molecule has 0 spiro atoms. The van der Waals surface area contributed by atoms with Crippen LogP contribution in [0.5, 0.6) is 0 Å². The molecule has 1 amide bonds. The summed E-state index contributed by atoms with van der Waals surface area (Å²) in [6, 6.07) is 7.83. The molecule has 0 unspecified atom stereocenters. The van der Waals surface area contributed by atoms with Gasteiger partial charge < -0.3 is 10.6 Å². The summed E-state index contributed by atoms with van der Waals surface area (Å²) in [4.78, 5) is 16.2. The van der Waals surface area contributed by atoms with Gasteiger partial charge in [0, 0.05) is 29.7 Å². The maximum Gasteiger partial charge on any atom is 0.230 e. The zero-order chi connectivity index (χ0) is 13.2. The number of rotatable bonds is 3. The molecule has 1 fully saturated rings. The molecule has 0 saturated carbocycles. The number of carbonyl (C=O) groups excluding carboxylic acids is 1. The van der Waals surface area contributed by atoms with E-state index in [0.717, 1.165) is 35.0 Å². The Bertz CT molecular complexity index is 587. The summed E-state index contributed by atoms with van der Waals surface area (Å²) >= 11 is 1.64. The molecule has 19 heavy (non-hydrogen) atoms. The highest BCUT2D eigenvalue weighted by atomic mass is 32.1. The first-order valence-electron chi connectivity index (χ1n) is 6.26. The molecule has 2 aromatic rings. The molecule has 0 bridgehead atoms. The number of hydrogen-bond acceptors (Lipinski definition) is 4. The standard InChI is InChI=1S/C14H15N3OS/c1-9-16-13(8-19-9)10-2-4-12(5-3-10)17-14(18)11-6-15-7-11/h2-5,8,11,15H,6-7H2,1H3,(H,17,18). The number of benzene rings is 1. The van der Waals surface area contributed by atoms with Gasteiger partial charge in [-0.3, -0.25) is 4.79 Å². The van der Waals surface area contributed by atoms with Gasteiger partial charge >= 0.3 is 0 Å². The minimum Gasteiger partial charge on any atom is -0.326 e. The third-order valence-corrected chi connectivity index (χ3v) is 3.99. The Labute approximate surface area is 115 Å². The first kappa shape index (κ1) is 12.3. The van der Waals surface area contributed by atoms with E-state index in [1.807, 2.05) is 36.6 Å². The van der Waals surface area contributed by atoms with E-state index in [9.17, 15) is 4.79 Å². The maximum atomic E-state index is 11.8. The van der Waals surface area contributed by atoms with E-state index in [0.29, 0.717) is 0 Å². The number of hydrogen-bond donors (Lipinski definition) is 2. The molecule has 5 heteroatoms. The lowest BCUT2D eigenvalue weighted by molar-refractivity contribution is -0.121. The Hall–Kier alpha value is -1.72. The van der Waals surface area contributed by atoms with Crippen LogP contribution in [0.2, 0.25) is 0 Å². The molecule has 1 saturated heterocycles. The number of aryl methyl sites for hydroxylation is 1. The Kier molecular flexibility index (Phi) is 3.31. The predicted molar refractivity (Wildman–Crippen MR) is 77.3 cm³/mol. The second-order valence-electron chi connectivity index (χ2n) is 4.67. The maximum absolute atomic E-state index is 11.8. The summed E-state index contributed by atoms with van der Waals surface area (Å²) in [5.74, 6) is 0.205. The number of carbonyl (C=O) groups is 1. The lowest BCUT2D eigenvalue weighted by atomic mass is 10.0. The van der Waals surface area contributed by atoms with Crippen molar-refractivity contribution in [2.45, 2.75) is 6.92 Å². The quantitative estimate of drug-likeness (QED) is 0.902. The Balaban J connectivity index is 1.70. The molecule has 0 radical (unpaired) electrons. The molecule has 2 heterocycles. The van der Waals surface area contributed by atoms with E-state index in [4.69, 9.17) is 0 Å². The van der Waals surface area contributed by atoms with Gasteiger partial charge in [-0.25, -0.2) is 4.98 Å². The van der Waals surface area contributed by atoms with Gasteiger partial charge in [0.05, 0.1) is 16.6 Å². The van der Waals surface area contributed by atoms with Crippen molar-refractivity contribution in [1.29, 1.82) is 0 Å². The van der Waals surface area contributed by atoms with Crippen molar-refractivity contribution in [3.8, 4) is 11.3 Å². The van der Waals surface area contributed by atoms with Crippen LogP contribution in [0.3, 0.4) is 0 Å². The summed E-state index contributed by atoms with van der Waals surface area (Å²) in [6.45, 7) is 3.56. The largest absolute Gasteiger partial charge is 0.326 e. The normalized spacial score (nSPS) is 15.0. The average molecular weight is 273 g/mol. The summed E-state index contributed by atoms with van der Waals surface area (Å²) in [6.07, 6.45) is 0. The van der Waals surface area contributed by atoms with Crippen LogP contribution in [0.25, 0.3) is 11.3 Å². The van der Waals surface area contributed by atoms with Crippen LogP contribution < -0.4 is 10.6 Å². The number of nitrogens with one attached hydrogen (secondary N) is 2. The monoisotopic (exact) mass is 273 g/mol. The van der Waals surface area contributed by atoms with Crippen molar-refractivity contribution in [2.75, 3.05) is 18.4 Å². The van der Waals surface area contributed by atoms with Crippen LogP contribution in [0.4, 0.5) is 5.69 Å². The zero-order valence-electron chi connectivity index (χ0n) is 10.6. The van der Waals surface area contributed by atoms with Crippen molar-refractivity contribution in [3.05, 3.63) is 34.7 Å². The van der Waals surface area contributed by atoms with Crippen molar-refractivity contribution in [3.63, 3.8) is 0 Å².